The van der Waals surface area contributed by atoms with E-state index < -0.39 is 0 Å². The number of halogens is 2. The second kappa shape index (κ2) is 4.78. The number of hydrogen-bond acceptors (Lipinski definition) is 1. The van der Waals surface area contributed by atoms with E-state index in [4.69, 9.17) is 0 Å². The zero-order chi connectivity index (χ0) is 11.5. The van der Waals surface area contributed by atoms with Crippen molar-refractivity contribution in [1.82, 2.24) is 5.32 Å². The van der Waals surface area contributed by atoms with Gasteiger partial charge < -0.3 is 5.32 Å². The maximum Gasteiger partial charge on any atom is 0.244 e. The molecular weight excluding hydrogens is 273 g/mol. The van der Waals surface area contributed by atoms with Crippen LogP contribution < -0.4 is 5.32 Å². The lowest BCUT2D eigenvalue weighted by Gasteiger charge is -1.99. The molecule has 16 heavy (non-hydrogen) atoms. The van der Waals surface area contributed by atoms with Crippen LogP contribution in [0.1, 0.15) is 18.4 Å². The van der Waals surface area contributed by atoms with Crippen molar-refractivity contribution in [2.75, 3.05) is 0 Å². The predicted molar refractivity (Wildman–Crippen MR) is 64.3 cm³/mol. The molecule has 0 aromatic heterocycles. The van der Waals surface area contributed by atoms with E-state index in [1.165, 1.54) is 18.2 Å². The summed E-state index contributed by atoms with van der Waals surface area (Å²) in [7, 11) is 0. The Morgan fingerprint density at radius 2 is 2.25 bits per heavy atom. The van der Waals surface area contributed by atoms with Crippen LogP contribution in [0.15, 0.2) is 28.7 Å². The third-order valence-electron chi connectivity index (χ3n) is 2.30. The number of carbonyl (C=O) groups is 1. The van der Waals surface area contributed by atoms with Crippen molar-refractivity contribution in [3.63, 3.8) is 0 Å². The Bertz CT molecular complexity index is 441. The summed E-state index contributed by atoms with van der Waals surface area (Å²) in [4.78, 5) is 11.3. The number of hydrogen-bond donors (Lipinski definition) is 1. The van der Waals surface area contributed by atoms with Crippen LogP contribution in [-0.4, -0.2) is 11.9 Å². The Morgan fingerprint density at radius 3 is 2.94 bits per heavy atom. The van der Waals surface area contributed by atoms with Crippen molar-refractivity contribution in [2.24, 2.45) is 0 Å². The molecule has 84 valence electrons. The topological polar surface area (TPSA) is 29.1 Å². The smallest absolute Gasteiger partial charge is 0.244 e. The maximum absolute atomic E-state index is 13.3. The molecule has 2 nitrogen and oxygen atoms in total. The minimum atomic E-state index is -0.335. The second-order valence-electron chi connectivity index (χ2n) is 3.78. The average molecular weight is 284 g/mol. The summed E-state index contributed by atoms with van der Waals surface area (Å²) in [5.74, 6) is -0.499. The number of amides is 1. The first-order valence-electron chi connectivity index (χ1n) is 5.09. The lowest BCUT2D eigenvalue weighted by atomic mass is 10.2. The highest BCUT2D eigenvalue weighted by Crippen LogP contribution is 2.19. The SMILES string of the molecule is O=C(/C=C\c1cc(Br)ccc1F)NC1CC1. The number of nitrogens with one attached hydrogen (secondary N) is 1. The first-order chi connectivity index (χ1) is 7.65. The van der Waals surface area contributed by atoms with Crippen molar-refractivity contribution in [1.29, 1.82) is 0 Å². The standard InChI is InChI=1S/C12H11BrFNO/c13-9-2-5-11(14)8(7-9)1-6-12(16)15-10-3-4-10/h1-2,5-7,10H,3-4H2,(H,15,16)/b6-1-. The average Bonchev–Trinajstić information content (AvgIpc) is 3.03. The van der Waals surface area contributed by atoms with E-state index in [-0.39, 0.29) is 11.7 Å². The Morgan fingerprint density at radius 1 is 1.50 bits per heavy atom. The lowest BCUT2D eigenvalue weighted by Crippen LogP contribution is -2.22. The number of rotatable bonds is 3. The molecule has 1 saturated carbocycles. The largest absolute Gasteiger partial charge is 0.350 e. The summed E-state index contributed by atoms with van der Waals surface area (Å²) in [6.07, 6.45) is 4.94. The first-order valence-corrected chi connectivity index (χ1v) is 5.88. The zero-order valence-corrected chi connectivity index (χ0v) is 10.1. The molecule has 0 radical (unpaired) electrons. The van der Waals surface area contributed by atoms with Crippen LogP contribution in [-0.2, 0) is 4.79 Å². The van der Waals surface area contributed by atoms with E-state index in [0.717, 1.165) is 17.3 Å². The second-order valence-corrected chi connectivity index (χ2v) is 4.70. The molecule has 1 N–H and O–H groups in total. The summed E-state index contributed by atoms with van der Waals surface area (Å²) in [5.41, 5.74) is 0.403. The normalized spacial score (nSPS) is 15.4. The van der Waals surface area contributed by atoms with Crippen molar-refractivity contribution in [2.45, 2.75) is 18.9 Å². The number of carbonyl (C=O) groups excluding carboxylic acids is 1. The molecule has 0 unspecified atom stereocenters. The van der Waals surface area contributed by atoms with Gasteiger partial charge in [-0.2, -0.15) is 0 Å². The number of benzene rings is 1. The first kappa shape index (κ1) is 11.3. The Kier molecular flexibility index (Phi) is 3.39. The van der Waals surface area contributed by atoms with E-state index in [1.807, 2.05) is 0 Å². The third kappa shape index (κ3) is 3.17. The van der Waals surface area contributed by atoms with Gasteiger partial charge in [-0.05, 0) is 37.1 Å². The van der Waals surface area contributed by atoms with E-state index in [1.54, 1.807) is 12.1 Å². The van der Waals surface area contributed by atoms with Gasteiger partial charge in [0.05, 0.1) is 0 Å². The maximum atomic E-state index is 13.3. The Labute approximate surface area is 102 Å². The molecule has 0 spiro atoms. The Hall–Kier alpha value is -1.16. The van der Waals surface area contributed by atoms with E-state index in [2.05, 4.69) is 21.2 Å². The highest BCUT2D eigenvalue weighted by Gasteiger charge is 2.22. The van der Waals surface area contributed by atoms with Crippen molar-refractivity contribution >= 4 is 27.9 Å². The van der Waals surface area contributed by atoms with Crippen LogP contribution in [0.2, 0.25) is 0 Å². The summed E-state index contributed by atoms with van der Waals surface area (Å²) >= 11 is 3.25. The molecule has 0 heterocycles. The fourth-order valence-corrected chi connectivity index (χ4v) is 1.66. The van der Waals surface area contributed by atoms with Gasteiger partial charge in [-0.1, -0.05) is 15.9 Å². The molecule has 0 bridgehead atoms. The molecule has 1 amide bonds. The highest BCUT2D eigenvalue weighted by molar-refractivity contribution is 9.10. The molecule has 2 rings (SSSR count). The van der Waals surface area contributed by atoms with Crippen molar-refractivity contribution in [3.05, 3.63) is 40.1 Å². The van der Waals surface area contributed by atoms with E-state index >= 15 is 0 Å². The van der Waals surface area contributed by atoms with Gasteiger partial charge in [-0.15, -0.1) is 0 Å². The van der Waals surface area contributed by atoms with Crippen LogP contribution in [0.25, 0.3) is 6.08 Å². The van der Waals surface area contributed by atoms with E-state index in [9.17, 15) is 9.18 Å². The quantitative estimate of drug-likeness (QED) is 0.850. The third-order valence-corrected chi connectivity index (χ3v) is 2.79. The van der Waals surface area contributed by atoms with Gasteiger partial charge in [0.25, 0.3) is 0 Å². The van der Waals surface area contributed by atoms with Crippen molar-refractivity contribution < 1.29 is 9.18 Å². The van der Waals surface area contributed by atoms with Gasteiger partial charge in [-0.3, -0.25) is 4.79 Å². The summed E-state index contributed by atoms with van der Waals surface area (Å²) in [5, 5.41) is 2.80. The zero-order valence-electron chi connectivity index (χ0n) is 8.54. The molecule has 0 atom stereocenters. The molecule has 1 aromatic rings. The minimum Gasteiger partial charge on any atom is -0.350 e. The summed E-state index contributed by atoms with van der Waals surface area (Å²) in [6, 6.07) is 4.94. The van der Waals surface area contributed by atoms with Gasteiger partial charge >= 0.3 is 0 Å². The highest BCUT2D eigenvalue weighted by atomic mass is 79.9. The molecule has 1 aliphatic rings. The minimum absolute atomic E-state index is 0.165. The van der Waals surface area contributed by atoms with Crippen LogP contribution in [0.3, 0.4) is 0 Å². The van der Waals surface area contributed by atoms with Crippen LogP contribution in [0.4, 0.5) is 4.39 Å². The van der Waals surface area contributed by atoms with Gasteiger partial charge in [0.2, 0.25) is 5.91 Å². The molecule has 0 aliphatic heterocycles. The fraction of sp³-hybridized carbons (Fsp3) is 0.250. The molecule has 4 heteroatoms. The molecular formula is C12H11BrFNO. The van der Waals surface area contributed by atoms with Crippen LogP contribution >= 0.6 is 15.9 Å². The van der Waals surface area contributed by atoms with Gasteiger partial charge in [0.15, 0.2) is 0 Å². The monoisotopic (exact) mass is 283 g/mol. The van der Waals surface area contributed by atoms with Crippen LogP contribution in [0.5, 0.6) is 0 Å². The molecule has 1 aliphatic carbocycles. The summed E-state index contributed by atoms with van der Waals surface area (Å²) in [6.45, 7) is 0. The lowest BCUT2D eigenvalue weighted by molar-refractivity contribution is -0.116. The van der Waals surface area contributed by atoms with Crippen molar-refractivity contribution in [3.8, 4) is 0 Å². The molecule has 0 saturated heterocycles. The molecule has 1 aromatic carbocycles. The fourth-order valence-electron chi connectivity index (χ4n) is 1.28. The predicted octanol–water partition coefficient (Wildman–Crippen LogP) is 2.88. The molecule has 1 fully saturated rings. The van der Waals surface area contributed by atoms with E-state index in [0.29, 0.717) is 11.6 Å². The van der Waals surface area contributed by atoms with Gasteiger partial charge in [0.1, 0.15) is 5.82 Å². The van der Waals surface area contributed by atoms with Crippen LogP contribution in [0, 0.1) is 5.82 Å². The Balaban J connectivity index is 2.03. The summed E-state index contributed by atoms with van der Waals surface area (Å²) < 4.78 is 14.1. The van der Waals surface area contributed by atoms with Gasteiger partial charge in [-0.25, -0.2) is 4.39 Å². The van der Waals surface area contributed by atoms with Gasteiger partial charge in [0, 0.05) is 22.2 Å².